The van der Waals surface area contributed by atoms with Crippen LogP contribution in [0.3, 0.4) is 0 Å². The fourth-order valence-corrected chi connectivity index (χ4v) is 5.41. The SMILES string of the molecule is O=S1(=O)CCC(C2C(O)C3CCN2CC3)CC1. The molecule has 98 valence electrons. The summed E-state index contributed by atoms with van der Waals surface area (Å²) in [4.78, 5) is 2.40. The van der Waals surface area contributed by atoms with Crippen molar-refractivity contribution in [3.05, 3.63) is 0 Å². The molecule has 17 heavy (non-hydrogen) atoms. The van der Waals surface area contributed by atoms with Crippen molar-refractivity contribution in [1.82, 2.24) is 4.90 Å². The average molecular weight is 259 g/mol. The van der Waals surface area contributed by atoms with E-state index >= 15 is 0 Å². The highest BCUT2D eigenvalue weighted by Gasteiger charge is 2.45. The molecular weight excluding hydrogens is 238 g/mol. The first kappa shape index (κ1) is 11.9. The molecule has 0 aromatic carbocycles. The van der Waals surface area contributed by atoms with Gasteiger partial charge in [0.15, 0.2) is 0 Å². The van der Waals surface area contributed by atoms with Gasteiger partial charge in [0, 0.05) is 6.04 Å². The Morgan fingerprint density at radius 1 is 0.941 bits per heavy atom. The number of fused-ring (bicyclic) bond motifs is 3. The molecular formula is C12H21NO3S. The van der Waals surface area contributed by atoms with E-state index in [2.05, 4.69) is 4.90 Å². The maximum Gasteiger partial charge on any atom is 0.150 e. The van der Waals surface area contributed by atoms with E-state index in [1.165, 1.54) is 0 Å². The maximum atomic E-state index is 11.4. The second kappa shape index (κ2) is 4.21. The average Bonchev–Trinajstić information content (AvgIpc) is 2.32. The Hall–Kier alpha value is -0.130. The highest BCUT2D eigenvalue weighted by atomic mass is 32.2. The van der Waals surface area contributed by atoms with E-state index in [1.807, 2.05) is 0 Å². The number of hydrogen-bond acceptors (Lipinski definition) is 4. The summed E-state index contributed by atoms with van der Waals surface area (Å²) in [5.41, 5.74) is 0. The first-order valence-electron chi connectivity index (χ1n) is 6.69. The molecule has 4 heterocycles. The largest absolute Gasteiger partial charge is 0.391 e. The van der Waals surface area contributed by atoms with Gasteiger partial charge in [-0.1, -0.05) is 0 Å². The van der Waals surface area contributed by atoms with Gasteiger partial charge in [0.1, 0.15) is 9.84 Å². The Balaban J connectivity index is 1.72. The van der Waals surface area contributed by atoms with Crippen molar-refractivity contribution in [2.75, 3.05) is 24.6 Å². The van der Waals surface area contributed by atoms with Crippen LogP contribution in [0.25, 0.3) is 0 Å². The van der Waals surface area contributed by atoms with Gasteiger partial charge in [-0.25, -0.2) is 8.42 Å². The summed E-state index contributed by atoms with van der Waals surface area (Å²) >= 11 is 0. The number of aliphatic hydroxyl groups excluding tert-OH is 1. The zero-order chi connectivity index (χ0) is 12.0. The fraction of sp³-hybridized carbons (Fsp3) is 1.00. The van der Waals surface area contributed by atoms with Crippen LogP contribution in [0.15, 0.2) is 0 Å². The third-order valence-corrected chi connectivity index (χ3v) is 6.63. The lowest BCUT2D eigenvalue weighted by Crippen LogP contribution is -2.61. The second-order valence-electron chi connectivity index (χ2n) is 5.84. The molecule has 4 aliphatic rings. The van der Waals surface area contributed by atoms with Crippen LogP contribution in [0.4, 0.5) is 0 Å². The van der Waals surface area contributed by atoms with Gasteiger partial charge in [0.2, 0.25) is 0 Å². The molecule has 2 bridgehead atoms. The van der Waals surface area contributed by atoms with E-state index in [1.54, 1.807) is 0 Å². The molecule has 0 spiro atoms. The molecule has 0 saturated carbocycles. The number of hydrogen-bond donors (Lipinski definition) is 1. The summed E-state index contributed by atoms with van der Waals surface area (Å²) in [7, 11) is -2.78. The zero-order valence-electron chi connectivity index (χ0n) is 10.1. The third kappa shape index (κ3) is 2.13. The fourth-order valence-electron chi connectivity index (χ4n) is 3.88. The number of aliphatic hydroxyl groups is 1. The summed E-state index contributed by atoms with van der Waals surface area (Å²) in [6.07, 6.45) is 3.50. The van der Waals surface area contributed by atoms with Gasteiger partial charge in [-0.15, -0.1) is 0 Å². The summed E-state index contributed by atoms with van der Waals surface area (Å²) in [5.74, 6) is 1.49. The third-order valence-electron chi connectivity index (χ3n) is 4.91. The van der Waals surface area contributed by atoms with Crippen LogP contribution in [0, 0.1) is 11.8 Å². The molecule has 4 nitrogen and oxygen atoms in total. The van der Waals surface area contributed by atoms with Crippen molar-refractivity contribution >= 4 is 9.84 Å². The summed E-state index contributed by atoms with van der Waals surface area (Å²) in [6, 6.07) is 0.234. The van der Waals surface area contributed by atoms with Crippen LogP contribution in [0.2, 0.25) is 0 Å². The van der Waals surface area contributed by atoms with Gasteiger partial charge in [-0.2, -0.15) is 0 Å². The van der Waals surface area contributed by atoms with Gasteiger partial charge in [-0.05, 0) is 50.6 Å². The molecule has 0 aromatic heterocycles. The van der Waals surface area contributed by atoms with Gasteiger partial charge in [0.05, 0.1) is 17.6 Å². The molecule has 0 amide bonds. The number of sulfone groups is 1. The van der Waals surface area contributed by atoms with Crippen LogP contribution >= 0.6 is 0 Å². The van der Waals surface area contributed by atoms with E-state index in [-0.39, 0.29) is 12.1 Å². The van der Waals surface area contributed by atoms with Gasteiger partial charge in [0.25, 0.3) is 0 Å². The first-order chi connectivity index (χ1) is 8.07. The molecule has 2 unspecified atom stereocenters. The van der Waals surface area contributed by atoms with Crippen molar-refractivity contribution in [3.63, 3.8) is 0 Å². The highest BCUT2D eigenvalue weighted by molar-refractivity contribution is 7.91. The quantitative estimate of drug-likeness (QED) is 0.734. The number of nitrogens with zero attached hydrogens (tertiary/aromatic N) is 1. The maximum absolute atomic E-state index is 11.4. The molecule has 4 aliphatic heterocycles. The predicted octanol–water partition coefficient (Wildman–Crippen LogP) is 0.266. The summed E-state index contributed by atoms with van der Waals surface area (Å²) < 4.78 is 22.9. The van der Waals surface area contributed by atoms with Gasteiger partial charge in [-0.3, -0.25) is 4.90 Å². The molecule has 1 N–H and O–H groups in total. The molecule has 4 saturated heterocycles. The van der Waals surface area contributed by atoms with E-state index in [4.69, 9.17) is 0 Å². The predicted molar refractivity (Wildman–Crippen MR) is 65.5 cm³/mol. The van der Waals surface area contributed by atoms with E-state index in [0.29, 0.717) is 23.3 Å². The number of rotatable bonds is 1. The Morgan fingerprint density at radius 3 is 2.06 bits per heavy atom. The zero-order valence-corrected chi connectivity index (χ0v) is 10.9. The molecule has 0 aliphatic carbocycles. The molecule has 2 atom stereocenters. The van der Waals surface area contributed by atoms with Gasteiger partial charge >= 0.3 is 0 Å². The minimum Gasteiger partial charge on any atom is -0.391 e. The molecule has 0 radical (unpaired) electrons. The minimum atomic E-state index is -2.78. The topological polar surface area (TPSA) is 57.6 Å². The lowest BCUT2D eigenvalue weighted by Gasteiger charge is -2.52. The lowest BCUT2D eigenvalue weighted by molar-refractivity contribution is -0.0945. The van der Waals surface area contributed by atoms with Crippen molar-refractivity contribution in [2.24, 2.45) is 11.8 Å². The lowest BCUT2D eigenvalue weighted by atomic mass is 9.74. The Bertz CT molecular complexity index is 371. The van der Waals surface area contributed by atoms with Crippen LogP contribution in [0.1, 0.15) is 25.7 Å². The Morgan fingerprint density at radius 2 is 1.53 bits per heavy atom. The van der Waals surface area contributed by atoms with E-state index < -0.39 is 9.84 Å². The second-order valence-corrected chi connectivity index (χ2v) is 8.15. The van der Waals surface area contributed by atoms with Crippen LogP contribution in [-0.4, -0.2) is 55.2 Å². The Labute approximate surface area is 103 Å². The number of piperidine rings is 3. The molecule has 4 rings (SSSR count). The Kier molecular flexibility index (Phi) is 2.96. The molecule has 0 aromatic rings. The van der Waals surface area contributed by atoms with Crippen molar-refractivity contribution in [1.29, 1.82) is 0 Å². The minimum absolute atomic E-state index is 0.219. The van der Waals surface area contributed by atoms with E-state index in [0.717, 1.165) is 38.8 Å². The van der Waals surface area contributed by atoms with Crippen LogP contribution < -0.4 is 0 Å². The van der Waals surface area contributed by atoms with Crippen LogP contribution in [-0.2, 0) is 9.84 Å². The summed E-state index contributed by atoms with van der Waals surface area (Å²) in [5, 5.41) is 10.4. The molecule has 4 fully saturated rings. The standard InChI is InChI=1S/C12H21NO3S/c14-12-10-1-5-13(6-2-10)11(12)9-3-7-17(15,16)8-4-9/h9-12,14H,1-8H2. The first-order valence-corrected chi connectivity index (χ1v) is 8.51. The molecule has 5 heteroatoms. The monoisotopic (exact) mass is 259 g/mol. The highest BCUT2D eigenvalue weighted by Crippen LogP contribution is 2.38. The smallest absolute Gasteiger partial charge is 0.150 e. The van der Waals surface area contributed by atoms with Crippen LogP contribution in [0.5, 0.6) is 0 Å². The normalized spacial score (nSPS) is 45.9. The van der Waals surface area contributed by atoms with Crippen molar-refractivity contribution < 1.29 is 13.5 Å². The van der Waals surface area contributed by atoms with Crippen molar-refractivity contribution in [2.45, 2.75) is 37.8 Å². The van der Waals surface area contributed by atoms with Gasteiger partial charge < -0.3 is 5.11 Å². The summed E-state index contributed by atoms with van der Waals surface area (Å²) in [6.45, 7) is 2.19. The van der Waals surface area contributed by atoms with Crippen molar-refractivity contribution in [3.8, 4) is 0 Å². The van der Waals surface area contributed by atoms with E-state index in [9.17, 15) is 13.5 Å².